The number of urea groups is 1. The molecule has 8 nitrogen and oxygen atoms in total. The third-order valence-electron chi connectivity index (χ3n) is 6.05. The van der Waals surface area contributed by atoms with Crippen molar-refractivity contribution in [2.75, 3.05) is 38.2 Å². The number of hydrogen-bond acceptors (Lipinski definition) is 5. The van der Waals surface area contributed by atoms with Crippen molar-refractivity contribution in [3.8, 4) is 0 Å². The maximum atomic E-state index is 12.7. The molecule has 2 aliphatic heterocycles. The van der Waals surface area contributed by atoms with E-state index in [1.54, 1.807) is 0 Å². The highest BCUT2D eigenvalue weighted by Crippen LogP contribution is 2.35. The number of amides is 4. The second-order valence-electron chi connectivity index (χ2n) is 8.02. The molecule has 29 heavy (non-hydrogen) atoms. The van der Waals surface area contributed by atoms with Crippen molar-refractivity contribution in [2.45, 2.75) is 44.2 Å². The van der Waals surface area contributed by atoms with Gasteiger partial charge < -0.3 is 15.4 Å². The van der Waals surface area contributed by atoms with Gasteiger partial charge in [0.05, 0.1) is 13.2 Å². The molecule has 3 fully saturated rings. The minimum atomic E-state index is -0.724. The maximum Gasteiger partial charge on any atom is 0.325 e. The molecule has 1 aromatic carbocycles. The van der Waals surface area contributed by atoms with E-state index in [2.05, 4.69) is 15.5 Å². The summed E-state index contributed by atoms with van der Waals surface area (Å²) in [7, 11) is 0. The fourth-order valence-electron chi connectivity index (χ4n) is 4.40. The Morgan fingerprint density at radius 2 is 1.86 bits per heavy atom. The zero-order valence-corrected chi connectivity index (χ0v) is 16.6. The molecule has 4 rings (SSSR count). The summed E-state index contributed by atoms with van der Waals surface area (Å²) in [4.78, 5) is 40.9. The zero-order chi connectivity index (χ0) is 20.3. The van der Waals surface area contributed by atoms with Crippen LogP contribution in [-0.4, -0.2) is 66.0 Å². The Morgan fingerprint density at radius 3 is 2.62 bits per heavy atom. The quantitative estimate of drug-likeness (QED) is 0.710. The van der Waals surface area contributed by atoms with Crippen molar-refractivity contribution in [1.82, 2.24) is 15.1 Å². The van der Waals surface area contributed by atoms with E-state index >= 15 is 0 Å². The number of carbonyl (C=O) groups excluding carboxylic acids is 3. The predicted octanol–water partition coefficient (Wildman–Crippen LogP) is 1.71. The fourth-order valence-corrected chi connectivity index (χ4v) is 4.40. The lowest BCUT2D eigenvalue weighted by atomic mass is 9.98. The largest absolute Gasteiger partial charge is 0.379 e. The molecule has 2 saturated heterocycles. The van der Waals surface area contributed by atoms with Crippen LogP contribution in [0, 0.1) is 0 Å². The van der Waals surface area contributed by atoms with Crippen molar-refractivity contribution in [1.29, 1.82) is 0 Å². The fraction of sp³-hybridized carbons (Fsp3) is 0.571. The molecule has 2 heterocycles. The van der Waals surface area contributed by atoms with E-state index in [4.69, 9.17) is 4.74 Å². The second-order valence-corrected chi connectivity index (χ2v) is 8.02. The summed E-state index contributed by atoms with van der Waals surface area (Å²) in [5.74, 6) is -0.382. The van der Waals surface area contributed by atoms with Crippen molar-refractivity contribution >= 4 is 23.5 Å². The van der Waals surface area contributed by atoms with Crippen LogP contribution in [0.5, 0.6) is 0 Å². The van der Waals surface area contributed by atoms with Gasteiger partial charge in [-0.3, -0.25) is 19.4 Å². The molecule has 156 valence electrons. The molecule has 0 aromatic heterocycles. The van der Waals surface area contributed by atoms with Crippen LogP contribution >= 0.6 is 0 Å². The van der Waals surface area contributed by atoms with Crippen LogP contribution in [0.15, 0.2) is 24.3 Å². The van der Waals surface area contributed by atoms with Gasteiger partial charge in [-0.15, -0.1) is 0 Å². The molecule has 1 aliphatic carbocycles. The Hall–Kier alpha value is -2.45. The van der Waals surface area contributed by atoms with Crippen LogP contribution in [0.1, 0.15) is 37.7 Å². The van der Waals surface area contributed by atoms with Gasteiger partial charge >= 0.3 is 6.03 Å². The molecule has 0 radical (unpaired) electrons. The molecule has 1 aromatic rings. The molecular formula is C21H28N4O4. The maximum absolute atomic E-state index is 12.7. The Kier molecular flexibility index (Phi) is 5.82. The second kappa shape index (κ2) is 8.51. The average molecular weight is 400 g/mol. The first-order valence-electron chi connectivity index (χ1n) is 10.4. The van der Waals surface area contributed by atoms with Crippen LogP contribution in [0.25, 0.3) is 0 Å². The third kappa shape index (κ3) is 4.28. The standard InChI is InChI=1S/C21H28N4O4/c26-18(7-10-25-19(27)21(23-20(25)28)8-3-4-9-21)22-17-6-2-1-5-16(17)15-24-11-13-29-14-12-24/h1-2,5-6H,3-4,7-15H2,(H,22,26)(H,23,28). The predicted molar refractivity (Wildman–Crippen MR) is 107 cm³/mol. The molecular weight excluding hydrogens is 372 g/mol. The lowest BCUT2D eigenvalue weighted by molar-refractivity contribution is -0.131. The summed E-state index contributed by atoms with van der Waals surface area (Å²) in [6.45, 7) is 4.04. The number of ether oxygens (including phenoxy) is 1. The van der Waals surface area contributed by atoms with Crippen LogP contribution in [0.4, 0.5) is 10.5 Å². The minimum absolute atomic E-state index is 0.0845. The number of carbonyl (C=O) groups is 3. The smallest absolute Gasteiger partial charge is 0.325 e. The highest BCUT2D eigenvalue weighted by Gasteiger charge is 2.52. The van der Waals surface area contributed by atoms with Gasteiger partial charge in [0.15, 0.2) is 0 Å². The highest BCUT2D eigenvalue weighted by atomic mass is 16.5. The molecule has 3 aliphatic rings. The summed E-state index contributed by atoms with van der Waals surface area (Å²) in [5.41, 5.74) is 1.09. The summed E-state index contributed by atoms with van der Waals surface area (Å²) >= 11 is 0. The molecule has 2 N–H and O–H groups in total. The number of morpholine rings is 1. The summed E-state index contributed by atoms with van der Waals surface area (Å²) in [6.07, 6.45) is 3.35. The third-order valence-corrected chi connectivity index (χ3v) is 6.05. The van der Waals surface area contributed by atoms with Gasteiger partial charge in [-0.2, -0.15) is 0 Å². The van der Waals surface area contributed by atoms with E-state index in [0.29, 0.717) is 12.8 Å². The highest BCUT2D eigenvalue weighted by molar-refractivity contribution is 6.07. The first kappa shape index (κ1) is 19.8. The number of hydrogen-bond donors (Lipinski definition) is 2. The Balaban J connectivity index is 1.33. The van der Waals surface area contributed by atoms with Gasteiger partial charge in [0.25, 0.3) is 5.91 Å². The van der Waals surface area contributed by atoms with E-state index in [0.717, 1.165) is 56.9 Å². The van der Waals surface area contributed by atoms with Crippen LogP contribution in [0.3, 0.4) is 0 Å². The Morgan fingerprint density at radius 1 is 1.14 bits per heavy atom. The molecule has 0 bridgehead atoms. The number of imide groups is 1. The van der Waals surface area contributed by atoms with Crippen molar-refractivity contribution in [3.63, 3.8) is 0 Å². The lowest BCUT2D eigenvalue weighted by Gasteiger charge is -2.27. The number of nitrogens with one attached hydrogen (secondary N) is 2. The number of benzene rings is 1. The molecule has 4 amide bonds. The van der Waals surface area contributed by atoms with Gasteiger partial charge in [-0.1, -0.05) is 31.0 Å². The van der Waals surface area contributed by atoms with Gasteiger partial charge in [-0.25, -0.2) is 4.79 Å². The minimum Gasteiger partial charge on any atom is -0.379 e. The SMILES string of the molecule is O=C(CCN1C(=O)NC2(CCCC2)C1=O)Nc1ccccc1CN1CCOCC1. The van der Waals surface area contributed by atoms with Crippen molar-refractivity contribution in [3.05, 3.63) is 29.8 Å². The summed E-state index contributed by atoms with van der Waals surface area (Å²) in [5, 5.41) is 5.80. The van der Waals surface area contributed by atoms with Crippen LogP contribution < -0.4 is 10.6 Å². The van der Waals surface area contributed by atoms with E-state index in [-0.39, 0.29) is 30.8 Å². The first-order chi connectivity index (χ1) is 14.1. The van der Waals surface area contributed by atoms with Crippen LogP contribution in [0.2, 0.25) is 0 Å². The Bertz CT molecular complexity index is 785. The monoisotopic (exact) mass is 400 g/mol. The number of rotatable bonds is 6. The van der Waals surface area contributed by atoms with Gasteiger partial charge in [0, 0.05) is 38.3 Å². The number of para-hydroxylation sites is 1. The number of anilines is 1. The molecule has 1 spiro atoms. The molecule has 0 unspecified atom stereocenters. The Labute approximate surface area is 170 Å². The van der Waals surface area contributed by atoms with Crippen molar-refractivity contribution < 1.29 is 19.1 Å². The topological polar surface area (TPSA) is 91.0 Å². The van der Waals surface area contributed by atoms with E-state index in [1.807, 2.05) is 24.3 Å². The van der Waals surface area contributed by atoms with E-state index < -0.39 is 5.54 Å². The normalized spacial score (nSPS) is 21.6. The van der Waals surface area contributed by atoms with E-state index in [9.17, 15) is 14.4 Å². The zero-order valence-electron chi connectivity index (χ0n) is 16.6. The summed E-state index contributed by atoms with van der Waals surface area (Å²) in [6, 6.07) is 7.36. The van der Waals surface area contributed by atoms with Gasteiger partial charge in [0.1, 0.15) is 5.54 Å². The van der Waals surface area contributed by atoms with Crippen molar-refractivity contribution in [2.24, 2.45) is 0 Å². The van der Waals surface area contributed by atoms with Crippen LogP contribution in [-0.2, 0) is 20.9 Å². The summed E-state index contributed by atoms with van der Waals surface area (Å²) < 4.78 is 5.39. The molecule has 0 atom stereocenters. The number of nitrogens with zero attached hydrogens (tertiary/aromatic N) is 2. The molecule has 1 saturated carbocycles. The van der Waals surface area contributed by atoms with Gasteiger partial charge in [-0.05, 0) is 24.5 Å². The lowest BCUT2D eigenvalue weighted by Crippen LogP contribution is -2.44. The van der Waals surface area contributed by atoms with Gasteiger partial charge in [0.2, 0.25) is 5.91 Å². The average Bonchev–Trinajstić information content (AvgIpc) is 3.28. The first-order valence-corrected chi connectivity index (χ1v) is 10.4. The van der Waals surface area contributed by atoms with E-state index in [1.165, 1.54) is 4.90 Å². The molecule has 8 heteroatoms.